The van der Waals surface area contributed by atoms with Crippen LogP contribution < -0.4 is 0 Å². The van der Waals surface area contributed by atoms with E-state index < -0.39 is 0 Å². The molecule has 0 amide bonds. The molecule has 9 nitrogen and oxygen atoms in total. The third-order valence-electron chi connectivity index (χ3n) is 3.85. The summed E-state index contributed by atoms with van der Waals surface area (Å²) in [5.41, 5.74) is 3.15. The van der Waals surface area contributed by atoms with Crippen LogP contribution in [-0.4, -0.2) is 46.2 Å². The number of carbonyl (C=O) groups excluding carboxylic acids is 1. The number of tetrazole rings is 2. The lowest BCUT2D eigenvalue weighted by Crippen LogP contribution is -2.13. The van der Waals surface area contributed by atoms with E-state index in [0.717, 1.165) is 11.3 Å². The molecule has 0 saturated carbocycles. The summed E-state index contributed by atoms with van der Waals surface area (Å²) in [6.07, 6.45) is 1.49. The van der Waals surface area contributed by atoms with Gasteiger partial charge in [0.2, 0.25) is 5.82 Å². The summed E-state index contributed by atoms with van der Waals surface area (Å²) >= 11 is 0. The lowest BCUT2D eigenvalue weighted by atomic mass is 10.1. The first kappa shape index (κ1) is 15.8. The monoisotopic (exact) mass is 346 g/mol. The van der Waals surface area contributed by atoms with Gasteiger partial charge in [-0.3, -0.25) is 4.79 Å². The molecule has 0 aliphatic heterocycles. The van der Waals surface area contributed by atoms with Crippen molar-refractivity contribution in [1.82, 2.24) is 40.4 Å². The van der Waals surface area contributed by atoms with Crippen molar-refractivity contribution >= 4 is 5.78 Å². The summed E-state index contributed by atoms with van der Waals surface area (Å²) in [6.45, 7) is 1.99. The van der Waals surface area contributed by atoms with E-state index in [-0.39, 0.29) is 12.3 Å². The zero-order valence-corrected chi connectivity index (χ0v) is 13.9. The van der Waals surface area contributed by atoms with E-state index >= 15 is 0 Å². The number of para-hydroxylation sites is 1. The Labute approximate surface area is 148 Å². The van der Waals surface area contributed by atoms with Gasteiger partial charge in [0.15, 0.2) is 5.78 Å². The quantitative estimate of drug-likeness (QED) is 0.504. The van der Waals surface area contributed by atoms with Crippen LogP contribution in [0.3, 0.4) is 0 Å². The maximum Gasteiger partial charge on any atom is 0.207 e. The van der Waals surface area contributed by atoms with E-state index in [0.29, 0.717) is 17.0 Å². The lowest BCUT2D eigenvalue weighted by Gasteiger charge is -2.04. The Kier molecular flexibility index (Phi) is 4.02. The first-order valence-electron chi connectivity index (χ1n) is 7.91. The average Bonchev–Trinajstić information content (AvgIpc) is 3.34. The van der Waals surface area contributed by atoms with Crippen molar-refractivity contribution < 1.29 is 4.79 Å². The number of benzene rings is 2. The van der Waals surface area contributed by atoms with E-state index in [2.05, 4.69) is 30.9 Å². The lowest BCUT2D eigenvalue weighted by molar-refractivity contribution is 0.0961. The summed E-state index contributed by atoms with van der Waals surface area (Å²) in [6, 6.07) is 14.8. The smallest absolute Gasteiger partial charge is 0.207 e. The summed E-state index contributed by atoms with van der Waals surface area (Å²) in [4.78, 5) is 13.7. The van der Waals surface area contributed by atoms with Gasteiger partial charge in [0.1, 0.15) is 12.9 Å². The van der Waals surface area contributed by atoms with E-state index in [1.54, 1.807) is 12.1 Å². The van der Waals surface area contributed by atoms with Crippen LogP contribution in [0.25, 0.3) is 17.1 Å². The zero-order chi connectivity index (χ0) is 17.9. The second kappa shape index (κ2) is 6.63. The van der Waals surface area contributed by atoms with Gasteiger partial charge in [-0.05, 0) is 34.7 Å². The standard InChI is InChI=1S/C17H14N8O/c1-12-6-8-13(9-7-12)16(26)10-25-20-17(19-22-25)14-4-2-3-5-15(14)24-11-18-21-23-24/h2-9,11H,10H2,1H3. The van der Waals surface area contributed by atoms with E-state index in [1.165, 1.54) is 15.8 Å². The van der Waals surface area contributed by atoms with Gasteiger partial charge in [0.25, 0.3) is 0 Å². The van der Waals surface area contributed by atoms with Gasteiger partial charge in [-0.1, -0.05) is 42.0 Å². The third kappa shape index (κ3) is 3.09. The first-order chi connectivity index (χ1) is 12.7. The summed E-state index contributed by atoms with van der Waals surface area (Å²) in [5, 5.41) is 23.6. The number of hydrogen-bond donors (Lipinski definition) is 0. The van der Waals surface area contributed by atoms with E-state index in [9.17, 15) is 4.79 Å². The molecular formula is C17H14N8O. The molecule has 0 bridgehead atoms. The molecule has 4 rings (SSSR count). The van der Waals surface area contributed by atoms with Crippen molar-refractivity contribution in [2.75, 3.05) is 0 Å². The second-order valence-electron chi connectivity index (χ2n) is 5.70. The number of ketones is 1. The minimum Gasteiger partial charge on any atom is -0.292 e. The van der Waals surface area contributed by atoms with Crippen LogP contribution in [0.5, 0.6) is 0 Å². The van der Waals surface area contributed by atoms with Crippen molar-refractivity contribution in [3.63, 3.8) is 0 Å². The van der Waals surface area contributed by atoms with Crippen LogP contribution in [0.1, 0.15) is 15.9 Å². The molecule has 0 spiro atoms. The number of carbonyl (C=O) groups is 1. The molecule has 0 unspecified atom stereocenters. The fourth-order valence-corrected chi connectivity index (χ4v) is 2.51. The van der Waals surface area contributed by atoms with Gasteiger partial charge >= 0.3 is 0 Å². The molecule has 0 aliphatic carbocycles. The molecule has 26 heavy (non-hydrogen) atoms. The summed E-state index contributed by atoms with van der Waals surface area (Å²) < 4.78 is 1.52. The number of rotatable bonds is 5. The summed E-state index contributed by atoms with van der Waals surface area (Å²) in [7, 11) is 0. The Balaban J connectivity index is 1.59. The number of aryl methyl sites for hydroxylation is 1. The minimum absolute atomic E-state index is 0.0170. The third-order valence-corrected chi connectivity index (χ3v) is 3.85. The fourth-order valence-electron chi connectivity index (χ4n) is 2.51. The highest BCUT2D eigenvalue weighted by atomic mass is 16.1. The SMILES string of the molecule is Cc1ccc(C(=O)Cn2nnc(-c3ccccc3-n3cnnn3)n2)cc1. The molecule has 0 aliphatic rings. The Morgan fingerprint density at radius 3 is 2.62 bits per heavy atom. The zero-order valence-electron chi connectivity index (χ0n) is 13.9. The van der Waals surface area contributed by atoms with Crippen LogP contribution in [0.15, 0.2) is 54.9 Å². The van der Waals surface area contributed by atoms with Crippen molar-refractivity contribution in [2.24, 2.45) is 0 Å². The molecule has 2 heterocycles. The molecule has 0 saturated heterocycles. The largest absolute Gasteiger partial charge is 0.292 e. The average molecular weight is 346 g/mol. The molecule has 128 valence electrons. The molecule has 0 fully saturated rings. The highest BCUT2D eigenvalue weighted by Crippen LogP contribution is 2.22. The molecule has 0 atom stereocenters. The van der Waals surface area contributed by atoms with Crippen molar-refractivity contribution in [3.8, 4) is 17.1 Å². The van der Waals surface area contributed by atoms with Crippen molar-refractivity contribution in [3.05, 3.63) is 66.0 Å². The molecule has 9 heteroatoms. The normalized spacial score (nSPS) is 10.8. The second-order valence-corrected chi connectivity index (χ2v) is 5.70. The van der Waals surface area contributed by atoms with Crippen LogP contribution in [-0.2, 0) is 6.54 Å². The number of aromatic nitrogens is 8. The van der Waals surface area contributed by atoms with Gasteiger partial charge in [-0.2, -0.15) is 9.48 Å². The minimum atomic E-state index is -0.0808. The van der Waals surface area contributed by atoms with E-state index in [1.807, 2.05) is 43.3 Å². The molecule has 2 aromatic carbocycles. The van der Waals surface area contributed by atoms with Crippen LogP contribution in [0.4, 0.5) is 0 Å². The van der Waals surface area contributed by atoms with Crippen LogP contribution >= 0.6 is 0 Å². The Morgan fingerprint density at radius 2 is 1.85 bits per heavy atom. The van der Waals surface area contributed by atoms with Crippen molar-refractivity contribution in [2.45, 2.75) is 13.5 Å². The predicted octanol–water partition coefficient (Wildman–Crippen LogP) is 1.51. The number of hydrogen-bond acceptors (Lipinski definition) is 7. The number of nitrogens with zero attached hydrogens (tertiary/aromatic N) is 8. The summed E-state index contributed by atoms with van der Waals surface area (Å²) in [5.74, 6) is 0.315. The number of Topliss-reactive ketones (excluding diaryl/α,β-unsaturated/α-hetero) is 1. The van der Waals surface area contributed by atoms with Gasteiger partial charge < -0.3 is 0 Å². The van der Waals surface area contributed by atoms with E-state index in [4.69, 9.17) is 0 Å². The van der Waals surface area contributed by atoms with Crippen molar-refractivity contribution in [1.29, 1.82) is 0 Å². The molecule has 4 aromatic rings. The van der Waals surface area contributed by atoms with Gasteiger partial charge in [-0.15, -0.1) is 15.3 Å². The topological polar surface area (TPSA) is 104 Å². The van der Waals surface area contributed by atoms with Gasteiger partial charge in [-0.25, -0.2) is 0 Å². The highest BCUT2D eigenvalue weighted by Gasteiger charge is 2.14. The first-order valence-corrected chi connectivity index (χ1v) is 7.91. The van der Waals surface area contributed by atoms with Gasteiger partial charge in [0.05, 0.1) is 5.69 Å². The van der Waals surface area contributed by atoms with Crippen LogP contribution in [0.2, 0.25) is 0 Å². The molecular weight excluding hydrogens is 332 g/mol. The molecule has 0 radical (unpaired) electrons. The molecule has 2 aromatic heterocycles. The highest BCUT2D eigenvalue weighted by molar-refractivity contribution is 5.95. The Bertz CT molecular complexity index is 1040. The Morgan fingerprint density at radius 1 is 1.04 bits per heavy atom. The predicted molar refractivity (Wildman–Crippen MR) is 91.5 cm³/mol. The van der Waals surface area contributed by atoms with Crippen LogP contribution in [0, 0.1) is 6.92 Å². The maximum absolute atomic E-state index is 12.4. The Hall–Kier alpha value is -3.75. The molecule has 0 N–H and O–H groups in total. The van der Waals surface area contributed by atoms with Gasteiger partial charge in [0, 0.05) is 11.1 Å². The fraction of sp³-hybridized carbons (Fsp3) is 0.118. The maximum atomic E-state index is 12.4.